The average Bonchev–Trinajstić information content (AvgIpc) is 3.45. The van der Waals surface area contributed by atoms with Crippen molar-refractivity contribution in [3.8, 4) is 0 Å². The number of amides is 2. The van der Waals surface area contributed by atoms with E-state index in [1.807, 2.05) is 30.3 Å². The van der Waals surface area contributed by atoms with Crippen molar-refractivity contribution in [2.24, 2.45) is 0 Å². The number of carbonyl (C=O) groups is 2. The number of hydrogen-bond acceptors (Lipinski definition) is 6. The quantitative estimate of drug-likeness (QED) is 0.341. The molecular formula is C25H29N5O3S. The second kappa shape index (κ2) is 11.7. The van der Waals surface area contributed by atoms with E-state index in [4.69, 9.17) is 4.74 Å². The summed E-state index contributed by atoms with van der Waals surface area (Å²) in [5.74, 6) is -0.441. The van der Waals surface area contributed by atoms with Crippen molar-refractivity contribution < 1.29 is 14.3 Å². The van der Waals surface area contributed by atoms with Crippen LogP contribution in [0.4, 0.5) is 5.00 Å². The summed E-state index contributed by atoms with van der Waals surface area (Å²) >= 11 is 1.51. The van der Waals surface area contributed by atoms with Gasteiger partial charge in [-0.05, 0) is 49.3 Å². The van der Waals surface area contributed by atoms with E-state index in [2.05, 4.69) is 20.9 Å². The number of carbonyl (C=O) groups excluding carboxylic acids is 2. The number of ether oxygens (including phenoxy) is 1. The largest absolute Gasteiger partial charge is 0.385 e. The molecule has 0 spiro atoms. The molecule has 0 saturated carbocycles. The summed E-state index contributed by atoms with van der Waals surface area (Å²) in [6.45, 7) is 1.73. The first kappa shape index (κ1) is 23.8. The van der Waals surface area contributed by atoms with Gasteiger partial charge in [-0.25, -0.2) is 4.68 Å². The fourth-order valence-electron chi connectivity index (χ4n) is 3.95. The van der Waals surface area contributed by atoms with Crippen LogP contribution in [0.1, 0.15) is 51.3 Å². The lowest BCUT2D eigenvalue weighted by atomic mass is 9.95. The van der Waals surface area contributed by atoms with Crippen LogP contribution in [0.15, 0.2) is 42.6 Å². The third-order valence-corrected chi connectivity index (χ3v) is 6.80. The van der Waals surface area contributed by atoms with E-state index in [-0.39, 0.29) is 11.8 Å². The molecule has 1 aliphatic rings. The fourth-order valence-corrected chi connectivity index (χ4v) is 5.24. The number of hydrogen-bond donors (Lipinski definition) is 2. The van der Waals surface area contributed by atoms with Gasteiger partial charge in [0.15, 0.2) is 0 Å². The van der Waals surface area contributed by atoms with Crippen molar-refractivity contribution in [3.63, 3.8) is 0 Å². The van der Waals surface area contributed by atoms with Crippen LogP contribution in [-0.4, -0.2) is 47.1 Å². The number of nitrogens with zero attached hydrogens (tertiary/aromatic N) is 3. The van der Waals surface area contributed by atoms with Crippen LogP contribution in [0.2, 0.25) is 0 Å². The molecule has 2 heterocycles. The van der Waals surface area contributed by atoms with Crippen LogP contribution in [0.3, 0.4) is 0 Å². The lowest BCUT2D eigenvalue weighted by Crippen LogP contribution is -2.27. The third kappa shape index (κ3) is 6.18. The van der Waals surface area contributed by atoms with Crippen LogP contribution >= 0.6 is 11.3 Å². The first-order chi connectivity index (χ1) is 16.6. The second-order valence-electron chi connectivity index (χ2n) is 8.17. The molecule has 1 aliphatic carbocycles. The summed E-state index contributed by atoms with van der Waals surface area (Å²) in [4.78, 5) is 26.8. The molecule has 0 fully saturated rings. The number of methoxy groups -OCH3 is 1. The molecule has 4 rings (SSSR count). The second-order valence-corrected chi connectivity index (χ2v) is 9.27. The number of fused-ring (bicyclic) bond motifs is 1. The van der Waals surface area contributed by atoms with Gasteiger partial charge in [0.1, 0.15) is 10.7 Å². The number of benzene rings is 1. The van der Waals surface area contributed by atoms with Crippen LogP contribution in [0.25, 0.3) is 6.08 Å². The number of rotatable bonds is 10. The molecule has 0 atom stereocenters. The minimum absolute atomic E-state index is 0.140. The monoisotopic (exact) mass is 479 g/mol. The molecule has 8 nitrogen and oxygen atoms in total. The van der Waals surface area contributed by atoms with Crippen molar-refractivity contribution in [2.45, 2.75) is 38.6 Å². The van der Waals surface area contributed by atoms with E-state index < -0.39 is 0 Å². The molecule has 1 aromatic carbocycles. The number of thiophene rings is 1. The lowest BCUT2D eigenvalue weighted by molar-refractivity contribution is -0.111. The zero-order valence-corrected chi connectivity index (χ0v) is 20.1. The molecule has 2 amide bonds. The van der Waals surface area contributed by atoms with E-state index >= 15 is 0 Å². The van der Waals surface area contributed by atoms with Gasteiger partial charge in [0.2, 0.25) is 5.91 Å². The minimum Gasteiger partial charge on any atom is -0.385 e. The summed E-state index contributed by atoms with van der Waals surface area (Å²) < 4.78 is 6.78. The van der Waals surface area contributed by atoms with Crippen LogP contribution in [0.5, 0.6) is 0 Å². The Morgan fingerprint density at radius 3 is 2.85 bits per heavy atom. The first-order valence-corrected chi connectivity index (χ1v) is 12.3. The van der Waals surface area contributed by atoms with E-state index in [1.54, 1.807) is 24.1 Å². The summed E-state index contributed by atoms with van der Waals surface area (Å²) in [5, 5.41) is 14.7. The van der Waals surface area contributed by atoms with Crippen molar-refractivity contribution in [1.82, 2.24) is 20.3 Å². The van der Waals surface area contributed by atoms with E-state index in [9.17, 15) is 9.59 Å². The maximum atomic E-state index is 12.9. The molecule has 0 aliphatic heterocycles. The average molecular weight is 480 g/mol. The highest BCUT2D eigenvalue weighted by molar-refractivity contribution is 7.17. The lowest BCUT2D eigenvalue weighted by Gasteiger charge is -2.13. The summed E-state index contributed by atoms with van der Waals surface area (Å²) in [6.07, 6.45) is 9.55. The smallest absolute Gasteiger partial charge is 0.254 e. The third-order valence-electron chi connectivity index (χ3n) is 5.60. The fraction of sp³-hybridized carbons (Fsp3) is 0.360. The zero-order valence-electron chi connectivity index (χ0n) is 19.3. The predicted octanol–water partition coefficient (Wildman–Crippen LogP) is 3.68. The Labute approximate surface area is 203 Å². The normalized spacial score (nSPS) is 13.1. The zero-order chi connectivity index (χ0) is 23.8. The Morgan fingerprint density at radius 2 is 2.03 bits per heavy atom. The number of aromatic nitrogens is 3. The molecular weight excluding hydrogens is 450 g/mol. The summed E-state index contributed by atoms with van der Waals surface area (Å²) in [7, 11) is 1.64. The van der Waals surface area contributed by atoms with Gasteiger partial charge in [0.25, 0.3) is 5.91 Å². The molecule has 0 radical (unpaired) electrons. The molecule has 2 aromatic heterocycles. The first-order valence-electron chi connectivity index (χ1n) is 11.5. The van der Waals surface area contributed by atoms with Gasteiger partial charge in [0.05, 0.1) is 18.3 Å². The maximum Gasteiger partial charge on any atom is 0.254 e. The maximum absolute atomic E-state index is 12.9. The molecule has 0 bridgehead atoms. The number of nitrogens with one attached hydrogen (secondary N) is 2. The SMILES string of the molecule is COCCCNC(=O)c1c(NC(=O)/C=C/c2cn(Cc3ccccc3)nn2)sc2c1CCCC2. The number of anilines is 1. The molecule has 178 valence electrons. The summed E-state index contributed by atoms with van der Waals surface area (Å²) in [6, 6.07) is 9.98. The van der Waals surface area contributed by atoms with Crippen LogP contribution in [-0.2, 0) is 28.9 Å². The molecule has 0 saturated heterocycles. The molecule has 0 unspecified atom stereocenters. The molecule has 34 heavy (non-hydrogen) atoms. The highest BCUT2D eigenvalue weighted by Gasteiger charge is 2.25. The van der Waals surface area contributed by atoms with E-state index in [0.29, 0.717) is 36.0 Å². The highest BCUT2D eigenvalue weighted by atomic mass is 32.1. The standard InChI is InChI=1S/C25H29N5O3S/c1-33-15-7-14-26-24(32)23-20-10-5-6-11-21(20)34-25(23)27-22(31)13-12-19-17-30(29-28-19)16-18-8-3-2-4-9-18/h2-4,8-9,12-13,17H,5-7,10-11,14-16H2,1H3,(H,26,32)(H,27,31)/b13-12+. The van der Waals surface area contributed by atoms with Crippen molar-refractivity contribution in [3.05, 3.63) is 69.9 Å². The van der Waals surface area contributed by atoms with Gasteiger partial charge >= 0.3 is 0 Å². The Balaban J connectivity index is 1.42. The molecule has 9 heteroatoms. The van der Waals surface area contributed by atoms with E-state index in [0.717, 1.165) is 43.2 Å². The molecule has 2 N–H and O–H groups in total. The Morgan fingerprint density at radius 1 is 1.21 bits per heavy atom. The predicted molar refractivity (Wildman–Crippen MR) is 133 cm³/mol. The van der Waals surface area contributed by atoms with Gasteiger partial charge in [-0.1, -0.05) is 35.5 Å². The topological polar surface area (TPSA) is 98.1 Å². The van der Waals surface area contributed by atoms with Gasteiger partial charge in [-0.3, -0.25) is 9.59 Å². The van der Waals surface area contributed by atoms with Crippen molar-refractivity contribution in [2.75, 3.05) is 25.6 Å². The summed E-state index contributed by atoms with van der Waals surface area (Å²) in [5.41, 5.74) is 3.39. The van der Waals surface area contributed by atoms with Crippen molar-refractivity contribution in [1.29, 1.82) is 0 Å². The van der Waals surface area contributed by atoms with E-state index in [1.165, 1.54) is 22.3 Å². The molecule has 3 aromatic rings. The van der Waals surface area contributed by atoms with Gasteiger partial charge in [0, 0.05) is 31.2 Å². The Hall–Kier alpha value is -3.30. The Bertz CT molecular complexity index is 1150. The highest BCUT2D eigenvalue weighted by Crippen LogP contribution is 2.38. The van der Waals surface area contributed by atoms with Crippen LogP contribution in [0, 0.1) is 0 Å². The van der Waals surface area contributed by atoms with Gasteiger partial charge in [-0.15, -0.1) is 16.4 Å². The minimum atomic E-state index is -0.301. The number of aryl methyl sites for hydroxylation is 1. The van der Waals surface area contributed by atoms with Gasteiger partial charge in [-0.2, -0.15) is 0 Å². The van der Waals surface area contributed by atoms with Gasteiger partial charge < -0.3 is 15.4 Å². The van der Waals surface area contributed by atoms with Crippen molar-refractivity contribution >= 4 is 34.2 Å². The van der Waals surface area contributed by atoms with Crippen LogP contribution < -0.4 is 10.6 Å². The Kier molecular flexibility index (Phi) is 8.21.